The van der Waals surface area contributed by atoms with E-state index in [0.717, 1.165) is 6.54 Å². The van der Waals surface area contributed by atoms with Crippen molar-refractivity contribution in [1.29, 1.82) is 0 Å². The third-order valence-corrected chi connectivity index (χ3v) is 3.37. The van der Waals surface area contributed by atoms with Crippen LogP contribution < -0.4 is 0 Å². The van der Waals surface area contributed by atoms with Gasteiger partial charge in [-0.05, 0) is 26.2 Å². The molecule has 0 fully saturated rings. The van der Waals surface area contributed by atoms with Crippen LogP contribution in [0.2, 0.25) is 10.0 Å². The smallest absolute Gasteiger partial charge is 0.303 e. The van der Waals surface area contributed by atoms with Gasteiger partial charge < -0.3 is 14.8 Å². The van der Waals surface area contributed by atoms with Gasteiger partial charge in [-0.2, -0.15) is 0 Å². The molecule has 0 aliphatic carbocycles. The van der Waals surface area contributed by atoms with E-state index in [4.69, 9.17) is 33.1 Å². The van der Waals surface area contributed by atoms with Gasteiger partial charge in [-0.1, -0.05) is 34.4 Å². The molecule has 0 aliphatic rings. The Balaban J connectivity index is 2.82. The van der Waals surface area contributed by atoms with Crippen LogP contribution in [0, 0.1) is 0 Å². The van der Waals surface area contributed by atoms with Gasteiger partial charge in [-0.25, -0.2) is 0 Å². The average Bonchev–Trinajstić information content (AvgIpc) is 2.40. The highest BCUT2D eigenvalue weighted by atomic mass is 35.5. The fourth-order valence-corrected chi connectivity index (χ4v) is 1.79. The Hall–Kier alpha value is -1.30. The van der Waals surface area contributed by atoms with E-state index in [-0.39, 0.29) is 12.8 Å². The molecule has 5 nitrogen and oxygen atoms in total. The number of benzene rings is 1. The molecular weight excluding hydrogens is 315 g/mol. The van der Waals surface area contributed by atoms with Crippen LogP contribution in [0.1, 0.15) is 18.4 Å². The number of carboxylic acids is 1. The summed E-state index contributed by atoms with van der Waals surface area (Å²) in [7, 11) is 3.86. The molecule has 1 aromatic rings. The van der Waals surface area contributed by atoms with Gasteiger partial charge in [0.15, 0.2) is 0 Å². The zero-order chi connectivity index (χ0) is 15.8. The van der Waals surface area contributed by atoms with E-state index in [1.165, 1.54) is 0 Å². The van der Waals surface area contributed by atoms with Gasteiger partial charge in [0.1, 0.15) is 6.61 Å². The second-order valence-corrected chi connectivity index (χ2v) is 5.51. The quantitative estimate of drug-likeness (QED) is 0.451. The molecule has 0 saturated carbocycles. The molecule has 116 valence electrons. The predicted octanol–water partition coefficient (Wildman–Crippen LogP) is 3.14. The molecule has 0 aromatic heterocycles. The van der Waals surface area contributed by atoms with Crippen molar-refractivity contribution in [3.63, 3.8) is 0 Å². The van der Waals surface area contributed by atoms with Gasteiger partial charge >= 0.3 is 5.97 Å². The number of carboxylic acid groups (broad SMARTS) is 1. The topological polar surface area (TPSA) is 62.1 Å². The first-order chi connectivity index (χ1) is 9.90. The number of aliphatic carboxylic acids is 1. The number of nitrogens with zero attached hydrogens (tertiary/aromatic N) is 2. The summed E-state index contributed by atoms with van der Waals surface area (Å²) in [6.45, 7) is 1.14. The van der Waals surface area contributed by atoms with Gasteiger partial charge in [0, 0.05) is 18.5 Å². The van der Waals surface area contributed by atoms with Crippen LogP contribution in [0.3, 0.4) is 0 Å². The maximum absolute atomic E-state index is 10.7. The Morgan fingerprint density at radius 1 is 1.29 bits per heavy atom. The highest BCUT2D eigenvalue weighted by Crippen LogP contribution is 2.23. The standard InChI is InChI=1S/C14H18Cl2N2O3/c1-18(2)7-8-21-17-13(5-6-14(19)20)10-3-4-11(15)12(16)9-10/h3-4,9H,5-8H2,1-2H3,(H,19,20)/b17-13+. The monoisotopic (exact) mass is 332 g/mol. The molecule has 0 radical (unpaired) electrons. The lowest BCUT2D eigenvalue weighted by Gasteiger charge is -2.10. The van der Waals surface area contributed by atoms with Gasteiger partial charge in [0.25, 0.3) is 0 Å². The summed E-state index contributed by atoms with van der Waals surface area (Å²) in [5, 5.41) is 13.7. The number of hydrogen-bond acceptors (Lipinski definition) is 4. The summed E-state index contributed by atoms with van der Waals surface area (Å²) in [5.41, 5.74) is 1.24. The molecule has 0 aliphatic heterocycles. The van der Waals surface area contributed by atoms with Crippen LogP contribution in [0.15, 0.2) is 23.4 Å². The Morgan fingerprint density at radius 3 is 2.57 bits per heavy atom. The fraction of sp³-hybridized carbons (Fsp3) is 0.429. The van der Waals surface area contributed by atoms with Crippen LogP contribution in [0.25, 0.3) is 0 Å². The molecular formula is C14H18Cl2N2O3. The highest BCUT2D eigenvalue weighted by molar-refractivity contribution is 6.42. The lowest BCUT2D eigenvalue weighted by molar-refractivity contribution is -0.136. The summed E-state index contributed by atoms with van der Waals surface area (Å²) < 4.78 is 0. The minimum absolute atomic E-state index is 0.0316. The van der Waals surface area contributed by atoms with Crippen LogP contribution in [-0.2, 0) is 9.63 Å². The van der Waals surface area contributed by atoms with Crippen LogP contribution in [0.5, 0.6) is 0 Å². The van der Waals surface area contributed by atoms with E-state index >= 15 is 0 Å². The van der Waals surface area contributed by atoms with Crippen LogP contribution in [0.4, 0.5) is 0 Å². The van der Waals surface area contributed by atoms with Crippen LogP contribution in [-0.4, -0.2) is 48.9 Å². The van der Waals surface area contributed by atoms with Crippen LogP contribution >= 0.6 is 23.2 Å². The molecule has 0 heterocycles. The molecule has 1 aromatic carbocycles. The predicted molar refractivity (Wildman–Crippen MR) is 84.4 cm³/mol. The number of hydrogen-bond donors (Lipinski definition) is 1. The van der Waals surface area contributed by atoms with Crippen molar-refractivity contribution in [1.82, 2.24) is 4.90 Å². The molecule has 0 amide bonds. The number of carbonyl (C=O) groups is 1. The lowest BCUT2D eigenvalue weighted by Crippen LogP contribution is -2.17. The number of rotatable bonds is 8. The lowest BCUT2D eigenvalue weighted by atomic mass is 10.1. The maximum atomic E-state index is 10.7. The minimum atomic E-state index is -0.893. The summed E-state index contributed by atoms with van der Waals surface area (Å²) in [4.78, 5) is 17.9. The third kappa shape index (κ3) is 6.80. The second kappa shape index (κ2) is 8.87. The van der Waals surface area contributed by atoms with E-state index in [2.05, 4.69) is 5.16 Å². The maximum Gasteiger partial charge on any atom is 0.303 e. The molecule has 1 rings (SSSR count). The summed E-state index contributed by atoms with van der Waals surface area (Å²) >= 11 is 11.8. The van der Waals surface area contributed by atoms with Crippen molar-refractivity contribution in [3.8, 4) is 0 Å². The second-order valence-electron chi connectivity index (χ2n) is 4.70. The molecule has 0 spiro atoms. The summed E-state index contributed by atoms with van der Waals surface area (Å²) in [6, 6.07) is 5.04. The molecule has 0 atom stereocenters. The van der Waals surface area contributed by atoms with Gasteiger partial charge in [0.2, 0.25) is 0 Å². The van der Waals surface area contributed by atoms with E-state index in [9.17, 15) is 4.79 Å². The minimum Gasteiger partial charge on any atom is -0.481 e. The molecule has 0 bridgehead atoms. The Bertz CT molecular complexity index is 519. The first-order valence-electron chi connectivity index (χ1n) is 6.41. The van der Waals surface area contributed by atoms with E-state index in [0.29, 0.717) is 27.9 Å². The fourth-order valence-electron chi connectivity index (χ4n) is 1.49. The summed E-state index contributed by atoms with van der Waals surface area (Å²) in [6.07, 6.45) is 0.228. The Labute approximate surface area is 134 Å². The average molecular weight is 333 g/mol. The number of likely N-dealkylation sites (N-methyl/N-ethyl adjacent to an activating group) is 1. The van der Waals surface area contributed by atoms with Crippen molar-refractivity contribution >= 4 is 34.9 Å². The largest absolute Gasteiger partial charge is 0.481 e. The Kier molecular flexibility index (Phi) is 7.50. The van der Waals surface area contributed by atoms with Crippen molar-refractivity contribution in [3.05, 3.63) is 33.8 Å². The first-order valence-corrected chi connectivity index (χ1v) is 7.16. The van der Waals surface area contributed by atoms with Crippen molar-refractivity contribution in [2.24, 2.45) is 5.16 Å². The van der Waals surface area contributed by atoms with Gasteiger partial charge in [-0.15, -0.1) is 0 Å². The zero-order valence-corrected chi connectivity index (χ0v) is 13.5. The zero-order valence-electron chi connectivity index (χ0n) is 12.0. The van der Waals surface area contributed by atoms with E-state index in [1.54, 1.807) is 18.2 Å². The molecule has 7 heteroatoms. The summed E-state index contributed by atoms with van der Waals surface area (Å²) in [5.74, 6) is -0.893. The first kappa shape index (κ1) is 17.8. The highest BCUT2D eigenvalue weighted by Gasteiger charge is 2.10. The number of oxime groups is 1. The van der Waals surface area contributed by atoms with E-state index < -0.39 is 5.97 Å². The van der Waals surface area contributed by atoms with Crippen molar-refractivity contribution in [2.45, 2.75) is 12.8 Å². The van der Waals surface area contributed by atoms with Gasteiger partial charge in [-0.3, -0.25) is 4.79 Å². The molecule has 1 N–H and O–H groups in total. The molecule has 0 saturated heterocycles. The van der Waals surface area contributed by atoms with Crippen molar-refractivity contribution < 1.29 is 14.7 Å². The normalized spacial score (nSPS) is 11.8. The SMILES string of the molecule is CN(C)CCO/N=C(\CCC(=O)O)c1ccc(Cl)c(Cl)c1. The number of halogens is 2. The van der Waals surface area contributed by atoms with E-state index in [1.807, 2.05) is 19.0 Å². The third-order valence-electron chi connectivity index (χ3n) is 2.63. The molecule has 0 unspecified atom stereocenters. The molecule has 21 heavy (non-hydrogen) atoms. The van der Waals surface area contributed by atoms with Gasteiger partial charge in [0.05, 0.1) is 22.2 Å². The Morgan fingerprint density at radius 2 is 2.00 bits per heavy atom. The van der Waals surface area contributed by atoms with Crippen molar-refractivity contribution in [2.75, 3.05) is 27.2 Å².